The molecule has 0 aromatic heterocycles. The van der Waals surface area contributed by atoms with Gasteiger partial charge in [-0.3, -0.25) is 4.79 Å². The second-order valence-corrected chi connectivity index (χ2v) is 6.72. The fourth-order valence-corrected chi connectivity index (χ4v) is 3.28. The molecule has 1 aliphatic rings. The average Bonchev–Trinajstić information content (AvgIpc) is 2.92. The molecule has 1 saturated heterocycles. The summed E-state index contributed by atoms with van der Waals surface area (Å²) in [6.45, 7) is 0.432. The quantitative estimate of drug-likeness (QED) is 0.652. The minimum Gasteiger partial charge on any atom is -0.496 e. The Hall–Kier alpha value is -2.31. The molecular weight excluding hydrogens is 342 g/mol. The van der Waals surface area contributed by atoms with Gasteiger partial charge in [-0.1, -0.05) is 60.4 Å². The highest BCUT2D eigenvalue weighted by Gasteiger charge is 2.23. The van der Waals surface area contributed by atoms with Gasteiger partial charge in [0, 0.05) is 0 Å². The van der Waals surface area contributed by atoms with E-state index in [4.69, 9.17) is 21.7 Å². The van der Waals surface area contributed by atoms with Crippen molar-refractivity contribution in [2.75, 3.05) is 7.11 Å². The molecule has 2 aromatic rings. The molecule has 0 aliphatic carbocycles. The van der Waals surface area contributed by atoms with Crippen molar-refractivity contribution in [2.45, 2.75) is 6.61 Å². The van der Waals surface area contributed by atoms with Crippen molar-refractivity contribution < 1.29 is 14.3 Å². The Labute approximate surface area is 149 Å². The van der Waals surface area contributed by atoms with Crippen LogP contribution in [0.1, 0.15) is 11.1 Å². The van der Waals surface area contributed by atoms with Gasteiger partial charge >= 0.3 is 0 Å². The monoisotopic (exact) mass is 357 g/mol. The summed E-state index contributed by atoms with van der Waals surface area (Å²) in [7, 11) is 1.59. The zero-order valence-corrected chi connectivity index (χ0v) is 14.6. The van der Waals surface area contributed by atoms with E-state index >= 15 is 0 Å². The number of nitrogens with one attached hydrogen (secondary N) is 1. The van der Waals surface area contributed by atoms with Gasteiger partial charge < -0.3 is 14.8 Å². The molecular formula is C18H15NO3S2. The number of carbonyl (C=O) groups is 1. The van der Waals surface area contributed by atoms with Crippen LogP contribution in [0.4, 0.5) is 0 Å². The van der Waals surface area contributed by atoms with Crippen LogP contribution in [0, 0.1) is 0 Å². The Balaban J connectivity index is 1.90. The lowest BCUT2D eigenvalue weighted by Gasteiger charge is -2.13. The first-order valence-electron chi connectivity index (χ1n) is 7.26. The number of thioether (sulfide) groups is 1. The lowest BCUT2D eigenvalue weighted by Crippen LogP contribution is -2.17. The molecule has 1 N–H and O–H groups in total. The van der Waals surface area contributed by atoms with Gasteiger partial charge in [-0.25, -0.2) is 0 Å². The molecule has 0 bridgehead atoms. The molecule has 0 spiro atoms. The molecule has 0 saturated carbocycles. The van der Waals surface area contributed by atoms with E-state index in [2.05, 4.69) is 5.32 Å². The van der Waals surface area contributed by atoms with Crippen molar-refractivity contribution >= 4 is 40.3 Å². The molecule has 1 amide bonds. The fraction of sp³-hybridized carbons (Fsp3) is 0.111. The van der Waals surface area contributed by atoms with Crippen LogP contribution in [0.15, 0.2) is 53.4 Å². The van der Waals surface area contributed by atoms with Crippen molar-refractivity contribution in [2.24, 2.45) is 0 Å². The summed E-state index contributed by atoms with van der Waals surface area (Å²) < 4.78 is 11.8. The summed E-state index contributed by atoms with van der Waals surface area (Å²) in [5, 5.41) is 2.61. The predicted molar refractivity (Wildman–Crippen MR) is 100 cm³/mol. The van der Waals surface area contributed by atoms with Crippen LogP contribution in [0.25, 0.3) is 6.08 Å². The number of hydrogen-bond acceptors (Lipinski definition) is 5. The SMILES string of the molecule is COc1cccc(OCc2ccccc2)c1C=C1SC(=S)NC1=O. The summed E-state index contributed by atoms with van der Waals surface area (Å²) in [5.74, 6) is 1.08. The Morgan fingerprint density at radius 2 is 1.88 bits per heavy atom. The standard InChI is InChI=1S/C18H15NO3S2/c1-21-14-8-5-9-15(22-11-12-6-3-2-4-7-12)13(14)10-16-17(20)19-18(23)24-16/h2-10H,11H2,1H3,(H,19,20,23). The van der Waals surface area contributed by atoms with E-state index in [-0.39, 0.29) is 5.91 Å². The van der Waals surface area contributed by atoms with Crippen molar-refractivity contribution in [3.63, 3.8) is 0 Å². The highest BCUT2D eigenvalue weighted by Crippen LogP contribution is 2.35. The molecule has 122 valence electrons. The van der Waals surface area contributed by atoms with Crippen LogP contribution in [-0.2, 0) is 11.4 Å². The molecule has 1 aliphatic heterocycles. The third-order valence-electron chi connectivity index (χ3n) is 3.40. The van der Waals surface area contributed by atoms with E-state index in [9.17, 15) is 4.79 Å². The molecule has 2 aromatic carbocycles. The zero-order chi connectivity index (χ0) is 16.9. The van der Waals surface area contributed by atoms with Crippen LogP contribution in [0.5, 0.6) is 11.5 Å². The van der Waals surface area contributed by atoms with Crippen LogP contribution < -0.4 is 14.8 Å². The summed E-state index contributed by atoms with van der Waals surface area (Å²) in [5.41, 5.74) is 1.78. The van der Waals surface area contributed by atoms with Gasteiger partial charge in [0.05, 0.1) is 17.6 Å². The summed E-state index contributed by atoms with van der Waals surface area (Å²) in [4.78, 5) is 12.4. The third-order valence-corrected chi connectivity index (χ3v) is 4.56. The maximum Gasteiger partial charge on any atom is 0.263 e. The molecule has 1 fully saturated rings. The Kier molecular flexibility index (Phi) is 5.17. The first kappa shape index (κ1) is 16.5. The molecule has 0 unspecified atom stereocenters. The highest BCUT2D eigenvalue weighted by atomic mass is 32.2. The largest absolute Gasteiger partial charge is 0.496 e. The Morgan fingerprint density at radius 1 is 1.12 bits per heavy atom. The predicted octanol–water partition coefficient (Wildman–Crippen LogP) is 3.76. The Morgan fingerprint density at radius 3 is 2.54 bits per heavy atom. The van der Waals surface area contributed by atoms with E-state index in [1.165, 1.54) is 11.8 Å². The van der Waals surface area contributed by atoms with E-state index in [0.717, 1.165) is 11.1 Å². The molecule has 1 heterocycles. The first-order chi connectivity index (χ1) is 11.7. The second kappa shape index (κ2) is 7.51. The van der Waals surface area contributed by atoms with Gasteiger partial charge in [0.1, 0.15) is 22.4 Å². The maximum atomic E-state index is 11.9. The number of methoxy groups -OCH3 is 1. The lowest BCUT2D eigenvalue weighted by molar-refractivity contribution is -0.115. The maximum absolute atomic E-state index is 11.9. The number of ether oxygens (including phenoxy) is 2. The second-order valence-electron chi connectivity index (χ2n) is 5.00. The van der Waals surface area contributed by atoms with Crippen molar-refractivity contribution in [1.29, 1.82) is 0 Å². The summed E-state index contributed by atoms with van der Waals surface area (Å²) in [6.07, 6.45) is 1.75. The fourth-order valence-electron chi connectivity index (χ4n) is 2.26. The number of amides is 1. The lowest BCUT2D eigenvalue weighted by atomic mass is 10.1. The number of thiocarbonyl (C=S) groups is 1. The third kappa shape index (κ3) is 3.77. The topological polar surface area (TPSA) is 47.6 Å². The van der Waals surface area contributed by atoms with E-state index in [1.807, 2.05) is 48.5 Å². The smallest absolute Gasteiger partial charge is 0.263 e. The number of benzene rings is 2. The molecule has 0 radical (unpaired) electrons. The number of rotatable bonds is 5. The highest BCUT2D eigenvalue weighted by molar-refractivity contribution is 8.26. The molecule has 3 rings (SSSR count). The Bertz CT molecular complexity index is 803. The number of carbonyl (C=O) groups excluding carboxylic acids is 1. The minimum absolute atomic E-state index is 0.204. The zero-order valence-electron chi connectivity index (χ0n) is 12.9. The van der Waals surface area contributed by atoms with Crippen molar-refractivity contribution in [3.05, 3.63) is 64.6 Å². The van der Waals surface area contributed by atoms with Crippen molar-refractivity contribution in [3.8, 4) is 11.5 Å². The molecule has 6 heteroatoms. The number of hydrogen-bond donors (Lipinski definition) is 1. The van der Waals surface area contributed by atoms with Crippen molar-refractivity contribution in [1.82, 2.24) is 5.32 Å². The van der Waals surface area contributed by atoms with Gasteiger partial charge in [-0.2, -0.15) is 0 Å². The minimum atomic E-state index is -0.204. The van der Waals surface area contributed by atoms with Crippen LogP contribution >= 0.6 is 24.0 Å². The average molecular weight is 357 g/mol. The molecule has 24 heavy (non-hydrogen) atoms. The van der Waals surface area contributed by atoms with Gasteiger partial charge in [-0.15, -0.1) is 0 Å². The van der Waals surface area contributed by atoms with Gasteiger partial charge in [0.15, 0.2) is 0 Å². The summed E-state index contributed by atoms with van der Waals surface area (Å²) in [6, 6.07) is 15.4. The van der Waals surface area contributed by atoms with Gasteiger partial charge in [0.2, 0.25) is 0 Å². The summed E-state index contributed by atoms with van der Waals surface area (Å²) >= 11 is 6.26. The van der Waals surface area contributed by atoms with Crippen LogP contribution in [0.3, 0.4) is 0 Å². The normalized spacial score (nSPS) is 15.5. The van der Waals surface area contributed by atoms with Crippen LogP contribution in [0.2, 0.25) is 0 Å². The van der Waals surface area contributed by atoms with Crippen LogP contribution in [-0.4, -0.2) is 17.3 Å². The molecule has 4 nitrogen and oxygen atoms in total. The van der Waals surface area contributed by atoms with Gasteiger partial charge in [0.25, 0.3) is 5.91 Å². The first-order valence-corrected chi connectivity index (χ1v) is 8.48. The van der Waals surface area contributed by atoms with E-state index < -0.39 is 0 Å². The van der Waals surface area contributed by atoms with Gasteiger partial charge in [-0.05, 0) is 23.8 Å². The van der Waals surface area contributed by atoms with E-state index in [1.54, 1.807) is 13.2 Å². The molecule has 0 atom stereocenters. The van der Waals surface area contributed by atoms with E-state index in [0.29, 0.717) is 27.3 Å².